The zero-order valence-electron chi connectivity index (χ0n) is 16.2. The number of fused-ring (bicyclic) bond motifs is 1. The molecule has 0 aromatic heterocycles. The molecule has 1 aromatic rings. The van der Waals surface area contributed by atoms with Crippen LogP contribution in [0.1, 0.15) is 25.3 Å². The summed E-state index contributed by atoms with van der Waals surface area (Å²) in [6, 6.07) is 8.77. The van der Waals surface area contributed by atoms with Gasteiger partial charge < -0.3 is 4.98 Å². The van der Waals surface area contributed by atoms with Crippen LogP contribution in [0.4, 0.5) is 5.69 Å². The van der Waals surface area contributed by atoms with Crippen molar-refractivity contribution in [2.75, 3.05) is 4.98 Å². The van der Waals surface area contributed by atoms with Crippen LogP contribution in [0.3, 0.4) is 0 Å². The molecule has 3 heteroatoms. The molecule has 1 nitrogen and oxygen atoms in total. The topological polar surface area (TPSA) is 12.0 Å². The van der Waals surface area contributed by atoms with E-state index in [4.69, 9.17) is 0 Å². The van der Waals surface area contributed by atoms with Gasteiger partial charge in [0.1, 0.15) is 7.75 Å². The Balaban J connectivity index is 1.89. The summed E-state index contributed by atoms with van der Waals surface area (Å²) in [4.78, 5) is 4.05. The largest absolute Gasteiger partial charge is 0.412 e. The van der Waals surface area contributed by atoms with E-state index in [1.165, 1.54) is 24.1 Å². The smallest absolute Gasteiger partial charge is 0.140 e. The van der Waals surface area contributed by atoms with Crippen LogP contribution in [-0.4, -0.2) is 15.3 Å². The molecule has 24 heavy (non-hydrogen) atoms. The van der Waals surface area contributed by atoms with E-state index in [2.05, 4.69) is 87.5 Å². The Morgan fingerprint density at radius 1 is 1.04 bits per heavy atom. The minimum absolute atomic E-state index is 0.801. The van der Waals surface area contributed by atoms with Gasteiger partial charge in [0.2, 0.25) is 0 Å². The van der Waals surface area contributed by atoms with Crippen LogP contribution in [0.25, 0.3) is 0 Å². The highest BCUT2D eigenvalue weighted by molar-refractivity contribution is 7.44. The quantitative estimate of drug-likeness (QED) is 0.644. The van der Waals surface area contributed by atoms with Crippen molar-refractivity contribution < 1.29 is 0 Å². The van der Waals surface area contributed by atoms with Crippen molar-refractivity contribution in [2.24, 2.45) is 17.8 Å². The summed E-state index contributed by atoms with van der Waals surface area (Å²) >= 11 is 0. The van der Waals surface area contributed by atoms with Gasteiger partial charge in [-0.2, -0.15) is 0 Å². The maximum absolute atomic E-state index is 4.05. The first-order chi connectivity index (χ1) is 11.2. The molecule has 3 unspecified atom stereocenters. The summed E-state index contributed by atoms with van der Waals surface area (Å²) in [5.74, 6) is 2.50. The first kappa shape index (κ1) is 17.7. The Morgan fingerprint density at radius 2 is 1.75 bits per heavy atom. The predicted molar refractivity (Wildman–Crippen MR) is 112 cm³/mol. The zero-order chi connectivity index (χ0) is 17.5. The highest BCUT2D eigenvalue weighted by Crippen LogP contribution is 2.47. The Kier molecular flexibility index (Phi) is 4.69. The van der Waals surface area contributed by atoms with E-state index in [0.29, 0.717) is 0 Å². The van der Waals surface area contributed by atoms with Gasteiger partial charge in [-0.3, -0.25) is 0 Å². The SMILES string of the molecule is Cc1ccccc1N[Si](C)(C)[Si](C)(C)C1=CC=CC2CC(C)CC12. The van der Waals surface area contributed by atoms with Crippen LogP contribution < -0.4 is 4.98 Å². The van der Waals surface area contributed by atoms with E-state index in [9.17, 15) is 0 Å². The number of para-hydroxylation sites is 1. The fraction of sp³-hybridized carbons (Fsp3) is 0.524. The number of hydrogen-bond donors (Lipinski definition) is 1. The first-order valence-corrected chi connectivity index (χ1v) is 16.4. The highest BCUT2D eigenvalue weighted by atomic mass is 29.3. The predicted octanol–water partition coefficient (Wildman–Crippen LogP) is 6.10. The second kappa shape index (κ2) is 6.34. The highest BCUT2D eigenvalue weighted by Gasteiger charge is 2.49. The van der Waals surface area contributed by atoms with E-state index in [1.54, 1.807) is 0 Å². The molecule has 0 spiro atoms. The van der Waals surface area contributed by atoms with Gasteiger partial charge in [-0.25, -0.2) is 0 Å². The van der Waals surface area contributed by atoms with Crippen LogP contribution in [-0.2, 0) is 0 Å². The molecule has 0 amide bonds. The second-order valence-electron chi connectivity index (χ2n) is 9.04. The fourth-order valence-corrected chi connectivity index (χ4v) is 12.6. The lowest BCUT2D eigenvalue weighted by molar-refractivity contribution is 0.539. The van der Waals surface area contributed by atoms with Gasteiger partial charge in [0.05, 0.1) is 7.59 Å². The molecular formula is C21H33NSi2. The third-order valence-corrected chi connectivity index (χ3v) is 23.4. The number of rotatable bonds is 4. The average molecular weight is 356 g/mol. The van der Waals surface area contributed by atoms with E-state index in [0.717, 1.165) is 17.8 Å². The van der Waals surface area contributed by atoms with Gasteiger partial charge in [0, 0.05) is 5.69 Å². The molecule has 3 rings (SSSR count). The van der Waals surface area contributed by atoms with Crippen molar-refractivity contribution in [3.63, 3.8) is 0 Å². The number of hydrogen-bond acceptors (Lipinski definition) is 1. The van der Waals surface area contributed by atoms with Gasteiger partial charge in [0.25, 0.3) is 0 Å². The van der Waals surface area contributed by atoms with Gasteiger partial charge in [0.15, 0.2) is 0 Å². The number of nitrogens with one attached hydrogen (secondary N) is 1. The second-order valence-corrected chi connectivity index (χ2v) is 23.9. The lowest BCUT2D eigenvalue weighted by atomic mass is 9.91. The molecule has 1 fully saturated rings. The number of aryl methyl sites for hydroxylation is 1. The molecule has 0 saturated heterocycles. The number of allylic oxidation sites excluding steroid dienone is 4. The van der Waals surface area contributed by atoms with Crippen molar-refractivity contribution in [3.8, 4) is 0 Å². The normalized spacial score (nSPS) is 26.9. The Bertz CT molecular complexity index is 672. The number of anilines is 1. The molecular weight excluding hydrogens is 322 g/mol. The third-order valence-electron chi connectivity index (χ3n) is 6.76. The Hall–Kier alpha value is -1.07. The summed E-state index contributed by atoms with van der Waals surface area (Å²) in [5.41, 5.74) is 2.71. The van der Waals surface area contributed by atoms with Gasteiger partial charge >= 0.3 is 0 Å². The molecule has 0 heterocycles. The van der Waals surface area contributed by atoms with E-state index < -0.39 is 15.3 Å². The molecule has 2 aliphatic rings. The summed E-state index contributed by atoms with van der Waals surface area (Å²) < 4.78 is 0. The van der Waals surface area contributed by atoms with E-state index in [-0.39, 0.29) is 0 Å². The maximum atomic E-state index is 4.05. The van der Waals surface area contributed by atoms with Crippen LogP contribution in [0.5, 0.6) is 0 Å². The molecule has 130 valence electrons. The minimum Gasteiger partial charge on any atom is -0.412 e. The van der Waals surface area contributed by atoms with Crippen molar-refractivity contribution in [3.05, 3.63) is 53.3 Å². The van der Waals surface area contributed by atoms with Gasteiger partial charge in [-0.1, -0.05) is 74.7 Å². The van der Waals surface area contributed by atoms with Crippen molar-refractivity contribution in [1.29, 1.82) is 0 Å². The van der Waals surface area contributed by atoms with E-state index in [1.807, 2.05) is 5.20 Å². The fourth-order valence-electron chi connectivity index (χ4n) is 4.57. The van der Waals surface area contributed by atoms with Crippen LogP contribution in [0.2, 0.25) is 26.2 Å². The third kappa shape index (κ3) is 3.08. The summed E-state index contributed by atoms with van der Waals surface area (Å²) in [5, 5.41) is 1.83. The zero-order valence-corrected chi connectivity index (χ0v) is 18.2. The minimum atomic E-state index is -1.59. The Morgan fingerprint density at radius 3 is 2.46 bits per heavy atom. The summed E-state index contributed by atoms with van der Waals surface area (Å²) in [6.45, 7) is 15.0. The lowest BCUT2D eigenvalue weighted by Gasteiger charge is -2.44. The molecule has 1 aromatic carbocycles. The lowest BCUT2D eigenvalue weighted by Crippen LogP contribution is -2.63. The van der Waals surface area contributed by atoms with Crippen molar-refractivity contribution in [2.45, 2.75) is 52.9 Å². The molecule has 1 N–H and O–H groups in total. The summed E-state index contributed by atoms with van der Waals surface area (Å²) in [7, 11) is -3.10. The summed E-state index contributed by atoms with van der Waals surface area (Å²) in [6.07, 6.45) is 10.1. The standard InChI is InChI=1S/C21H33NSi2/c1-16-14-18-11-9-13-21(19(18)15-16)23(3,4)24(5,6)22-20-12-8-7-10-17(20)2/h7-13,16,18-19,22H,14-15H2,1-6H3. The van der Waals surface area contributed by atoms with Crippen molar-refractivity contribution in [1.82, 2.24) is 0 Å². The molecule has 0 bridgehead atoms. The van der Waals surface area contributed by atoms with Crippen LogP contribution in [0, 0.1) is 24.7 Å². The van der Waals surface area contributed by atoms with Gasteiger partial charge in [-0.05, 0) is 49.1 Å². The molecule has 2 aliphatic carbocycles. The van der Waals surface area contributed by atoms with Crippen LogP contribution in [0.15, 0.2) is 47.7 Å². The van der Waals surface area contributed by atoms with Crippen LogP contribution >= 0.6 is 0 Å². The van der Waals surface area contributed by atoms with Crippen molar-refractivity contribution >= 4 is 21.0 Å². The van der Waals surface area contributed by atoms with E-state index >= 15 is 0 Å². The monoisotopic (exact) mass is 355 g/mol. The average Bonchev–Trinajstić information content (AvgIpc) is 2.89. The maximum Gasteiger partial charge on any atom is 0.140 e. The molecule has 0 aliphatic heterocycles. The first-order valence-electron chi connectivity index (χ1n) is 9.45. The van der Waals surface area contributed by atoms with Gasteiger partial charge in [-0.15, -0.1) is 0 Å². The molecule has 3 atom stereocenters. The Labute approximate surface area is 150 Å². The number of benzene rings is 1. The molecule has 1 saturated carbocycles. The molecule has 0 radical (unpaired) electrons.